The highest BCUT2D eigenvalue weighted by Crippen LogP contribution is 2.30. The molecule has 21 heavy (non-hydrogen) atoms. The molecule has 0 spiro atoms. The van der Waals surface area contributed by atoms with E-state index in [1.807, 2.05) is 0 Å². The third-order valence-corrected chi connectivity index (χ3v) is 7.52. The Morgan fingerprint density at radius 2 is 1.43 bits per heavy atom. The second-order valence-corrected chi connectivity index (χ2v) is 9.29. The molecule has 0 saturated heterocycles. The molecule has 0 heterocycles. The molecular formula is C19H37NSi. The fourth-order valence-electron chi connectivity index (χ4n) is 4.32. The SMILES string of the molecule is CC(C)=C[SiH2]CCCN(C1CCCCC1)C1CCCCC1. The van der Waals surface area contributed by atoms with Gasteiger partial charge in [0.1, 0.15) is 0 Å². The van der Waals surface area contributed by atoms with Crippen LogP contribution < -0.4 is 0 Å². The number of nitrogens with zero attached hydrogens (tertiary/aromatic N) is 1. The quantitative estimate of drug-likeness (QED) is 0.480. The highest BCUT2D eigenvalue weighted by Gasteiger charge is 2.28. The maximum absolute atomic E-state index is 2.98. The summed E-state index contributed by atoms with van der Waals surface area (Å²) >= 11 is 0. The van der Waals surface area contributed by atoms with E-state index in [2.05, 4.69) is 24.4 Å². The molecule has 0 N–H and O–H groups in total. The lowest BCUT2D eigenvalue weighted by molar-refractivity contribution is 0.0810. The van der Waals surface area contributed by atoms with E-state index in [-0.39, 0.29) is 9.52 Å². The smallest absolute Gasteiger partial charge is 0.0453 e. The van der Waals surface area contributed by atoms with Gasteiger partial charge in [0.2, 0.25) is 0 Å². The van der Waals surface area contributed by atoms with Crippen molar-refractivity contribution in [3.63, 3.8) is 0 Å². The van der Waals surface area contributed by atoms with Crippen LogP contribution in [0.5, 0.6) is 0 Å². The van der Waals surface area contributed by atoms with E-state index in [1.54, 1.807) is 0 Å². The molecule has 2 fully saturated rings. The van der Waals surface area contributed by atoms with Gasteiger partial charge in [-0.05, 0) is 52.5 Å². The van der Waals surface area contributed by atoms with Gasteiger partial charge in [0.05, 0.1) is 0 Å². The van der Waals surface area contributed by atoms with Crippen molar-refractivity contribution in [2.45, 2.75) is 103 Å². The predicted molar refractivity (Wildman–Crippen MR) is 97.9 cm³/mol. The predicted octanol–water partition coefficient (Wildman–Crippen LogP) is 4.85. The molecule has 2 saturated carbocycles. The second kappa shape index (κ2) is 9.84. The van der Waals surface area contributed by atoms with Crippen LogP contribution in [-0.2, 0) is 0 Å². The molecule has 0 bridgehead atoms. The highest BCUT2D eigenvalue weighted by molar-refractivity contribution is 6.42. The first-order valence-corrected chi connectivity index (χ1v) is 11.5. The summed E-state index contributed by atoms with van der Waals surface area (Å²) in [5, 5.41) is 0. The lowest BCUT2D eigenvalue weighted by atomic mass is 9.88. The zero-order valence-corrected chi connectivity index (χ0v) is 16.0. The summed E-state index contributed by atoms with van der Waals surface area (Å²) in [5.74, 6) is 0. The Bertz CT molecular complexity index is 279. The van der Waals surface area contributed by atoms with Crippen molar-refractivity contribution in [1.29, 1.82) is 0 Å². The van der Waals surface area contributed by atoms with Gasteiger partial charge in [0, 0.05) is 21.6 Å². The maximum atomic E-state index is 2.98. The Morgan fingerprint density at radius 3 is 1.90 bits per heavy atom. The molecule has 0 atom stereocenters. The van der Waals surface area contributed by atoms with Gasteiger partial charge < -0.3 is 0 Å². The standard InChI is InChI=1S/C19H37NSi/c1-17(2)16-21-15-9-14-20(18-10-5-3-6-11-18)19-12-7-4-8-13-19/h16,18-19H,3-15,21H2,1-2H3. The van der Waals surface area contributed by atoms with Gasteiger partial charge in [-0.1, -0.05) is 50.1 Å². The first kappa shape index (κ1) is 17.3. The Balaban J connectivity index is 1.80. The van der Waals surface area contributed by atoms with Crippen molar-refractivity contribution in [1.82, 2.24) is 4.90 Å². The summed E-state index contributed by atoms with van der Waals surface area (Å²) in [6, 6.07) is 3.39. The third-order valence-electron chi connectivity index (χ3n) is 5.51. The highest BCUT2D eigenvalue weighted by atomic mass is 28.2. The minimum absolute atomic E-state index is 0.0754. The van der Waals surface area contributed by atoms with Crippen LogP contribution in [0.3, 0.4) is 0 Å². The molecule has 0 aliphatic heterocycles. The van der Waals surface area contributed by atoms with Crippen LogP contribution in [0.4, 0.5) is 0 Å². The van der Waals surface area contributed by atoms with E-state index in [1.165, 1.54) is 88.8 Å². The summed E-state index contributed by atoms with van der Waals surface area (Å²) in [5.41, 5.74) is 4.09. The van der Waals surface area contributed by atoms with Crippen LogP contribution in [0, 0.1) is 0 Å². The molecule has 2 aliphatic rings. The molecule has 0 amide bonds. The zero-order valence-electron chi connectivity index (χ0n) is 14.6. The fraction of sp³-hybridized carbons (Fsp3) is 0.895. The van der Waals surface area contributed by atoms with E-state index in [0.29, 0.717) is 0 Å². The first-order valence-electron chi connectivity index (χ1n) is 9.66. The third kappa shape index (κ3) is 6.28. The second-order valence-electron chi connectivity index (χ2n) is 7.60. The van der Waals surface area contributed by atoms with Crippen molar-refractivity contribution < 1.29 is 0 Å². The van der Waals surface area contributed by atoms with Gasteiger partial charge in [-0.3, -0.25) is 4.90 Å². The summed E-state index contributed by atoms with van der Waals surface area (Å²) in [7, 11) is 0.0754. The summed E-state index contributed by atoms with van der Waals surface area (Å²) in [4.78, 5) is 2.98. The molecule has 1 nitrogen and oxygen atoms in total. The Hall–Kier alpha value is -0.0831. The van der Waals surface area contributed by atoms with Gasteiger partial charge in [-0.25, -0.2) is 0 Å². The van der Waals surface area contributed by atoms with Crippen LogP contribution in [0.15, 0.2) is 11.3 Å². The minimum Gasteiger partial charge on any atom is -0.297 e. The van der Waals surface area contributed by atoms with E-state index in [0.717, 1.165) is 12.1 Å². The number of rotatable bonds is 7. The van der Waals surface area contributed by atoms with E-state index in [4.69, 9.17) is 0 Å². The number of allylic oxidation sites excluding steroid dienone is 1. The number of hydrogen-bond acceptors (Lipinski definition) is 1. The minimum atomic E-state index is 0.0754. The normalized spacial score (nSPS) is 22.2. The van der Waals surface area contributed by atoms with Crippen molar-refractivity contribution in [2.75, 3.05) is 6.54 Å². The Kier molecular flexibility index (Phi) is 8.09. The summed E-state index contributed by atoms with van der Waals surface area (Å²) in [6.07, 6.45) is 16.3. The van der Waals surface area contributed by atoms with Crippen LogP contribution in [-0.4, -0.2) is 33.0 Å². The fourth-order valence-corrected chi connectivity index (χ4v) is 5.61. The van der Waals surface area contributed by atoms with Gasteiger partial charge in [0.15, 0.2) is 0 Å². The molecule has 0 aromatic carbocycles. The van der Waals surface area contributed by atoms with Crippen LogP contribution in [0.2, 0.25) is 6.04 Å². The lowest BCUT2D eigenvalue weighted by Crippen LogP contribution is -2.45. The largest absolute Gasteiger partial charge is 0.297 e. The molecule has 2 heteroatoms. The average Bonchev–Trinajstić information content (AvgIpc) is 2.52. The van der Waals surface area contributed by atoms with Gasteiger partial charge >= 0.3 is 0 Å². The molecule has 2 rings (SSSR count). The molecule has 0 unspecified atom stereocenters. The zero-order chi connectivity index (χ0) is 14.9. The van der Waals surface area contributed by atoms with Crippen molar-refractivity contribution in [3.8, 4) is 0 Å². The van der Waals surface area contributed by atoms with Crippen molar-refractivity contribution in [3.05, 3.63) is 11.3 Å². The van der Waals surface area contributed by atoms with E-state index >= 15 is 0 Å². The molecule has 0 radical (unpaired) electrons. The van der Waals surface area contributed by atoms with Crippen molar-refractivity contribution in [2.24, 2.45) is 0 Å². The maximum Gasteiger partial charge on any atom is 0.0453 e. The van der Waals surface area contributed by atoms with Gasteiger partial charge in [-0.2, -0.15) is 0 Å². The van der Waals surface area contributed by atoms with Crippen LogP contribution in [0.1, 0.15) is 84.5 Å². The monoisotopic (exact) mass is 307 g/mol. The average molecular weight is 308 g/mol. The van der Waals surface area contributed by atoms with Crippen LogP contribution >= 0.6 is 0 Å². The molecule has 2 aliphatic carbocycles. The number of hydrogen-bond donors (Lipinski definition) is 0. The lowest BCUT2D eigenvalue weighted by Gasteiger charge is -2.41. The molecule has 0 aromatic heterocycles. The van der Waals surface area contributed by atoms with Gasteiger partial charge in [0.25, 0.3) is 0 Å². The van der Waals surface area contributed by atoms with Crippen molar-refractivity contribution >= 4 is 9.52 Å². The molecule has 0 aromatic rings. The van der Waals surface area contributed by atoms with E-state index in [9.17, 15) is 0 Å². The first-order chi connectivity index (χ1) is 10.3. The molecular weight excluding hydrogens is 270 g/mol. The Morgan fingerprint density at radius 1 is 0.905 bits per heavy atom. The Labute approximate surface area is 135 Å². The summed E-state index contributed by atoms with van der Waals surface area (Å²) < 4.78 is 0. The molecule has 122 valence electrons. The summed E-state index contributed by atoms with van der Waals surface area (Å²) in [6.45, 7) is 5.91. The topological polar surface area (TPSA) is 3.24 Å². The van der Waals surface area contributed by atoms with E-state index < -0.39 is 0 Å². The van der Waals surface area contributed by atoms with Crippen LogP contribution in [0.25, 0.3) is 0 Å². The van der Waals surface area contributed by atoms with Gasteiger partial charge in [-0.15, -0.1) is 5.70 Å².